The van der Waals surface area contributed by atoms with Crippen LogP contribution in [-0.4, -0.2) is 31.5 Å². The van der Waals surface area contributed by atoms with Crippen molar-refractivity contribution in [2.24, 2.45) is 0 Å². The van der Waals surface area contributed by atoms with Gasteiger partial charge in [-0.25, -0.2) is 0 Å². The second-order valence-electron chi connectivity index (χ2n) is 3.06. The van der Waals surface area contributed by atoms with E-state index in [1.165, 1.54) is 0 Å². The van der Waals surface area contributed by atoms with Crippen molar-refractivity contribution in [2.75, 3.05) is 20.3 Å². The Balaban J connectivity index is 2.35. The molecule has 0 saturated carbocycles. The second-order valence-corrected chi connectivity index (χ2v) is 3.06. The molecule has 0 saturated heterocycles. The lowest BCUT2D eigenvalue weighted by Gasteiger charge is -2.10. The van der Waals surface area contributed by atoms with Crippen molar-refractivity contribution in [3.63, 3.8) is 0 Å². The fourth-order valence-electron chi connectivity index (χ4n) is 1.33. The van der Waals surface area contributed by atoms with Crippen LogP contribution in [0.5, 0.6) is 17.2 Å². The van der Waals surface area contributed by atoms with Crippen LogP contribution in [0.25, 0.3) is 0 Å². The Morgan fingerprint density at radius 3 is 2.93 bits per heavy atom. The third-order valence-corrected chi connectivity index (χ3v) is 2.01. The molecule has 76 valence electrons. The van der Waals surface area contributed by atoms with E-state index >= 15 is 0 Å². The van der Waals surface area contributed by atoms with Crippen LogP contribution in [0.15, 0.2) is 18.2 Å². The molecule has 1 atom stereocenters. The van der Waals surface area contributed by atoms with Crippen LogP contribution in [0, 0.1) is 0 Å². The van der Waals surface area contributed by atoms with Gasteiger partial charge in [0.05, 0.1) is 7.11 Å². The van der Waals surface area contributed by atoms with E-state index < -0.39 is 6.10 Å². The largest absolute Gasteiger partial charge is 0.493 e. The first-order valence-electron chi connectivity index (χ1n) is 4.42. The Labute approximate surface area is 82.0 Å². The highest BCUT2D eigenvalue weighted by Crippen LogP contribution is 2.38. The van der Waals surface area contributed by atoms with Gasteiger partial charge in [-0.05, 0) is 12.1 Å². The summed E-state index contributed by atoms with van der Waals surface area (Å²) in [5, 5.41) is 9.33. The zero-order valence-electron chi connectivity index (χ0n) is 7.90. The van der Waals surface area contributed by atoms with Gasteiger partial charge in [0.2, 0.25) is 5.75 Å². The van der Waals surface area contributed by atoms with Crippen molar-refractivity contribution >= 4 is 0 Å². The Hall–Kier alpha value is -1.42. The number of methoxy groups -OCH3 is 1. The summed E-state index contributed by atoms with van der Waals surface area (Å²) in [5.41, 5.74) is 0. The van der Waals surface area contributed by atoms with Gasteiger partial charge < -0.3 is 19.3 Å². The first-order chi connectivity index (χ1) is 6.81. The minimum atomic E-state index is -0.591. The molecule has 1 unspecified atom stereocenters. The van der Waals surface area contributed by atoms with Gasteiger partial charge in [0, 0.05) is 0 Å². The lowest BCUT2D eigenvalue weighted by atomic mass is 10.3. The van der Waals surface area contributed by atoms with Crippen LogP contribution < -0.4 is 14.2 Å². The van der Waals surface area contributed by atoms with Crippen LogP contribution >= 0.6 is 0 Å². The fraction of sp³-hybridized carbons (Fsp3) is 0.400. The van der Waals surface area contributed by atoms with E-state index in [-0.39, 0.29) is 13.2 Å². The zero-order chi connectivity index (χ0) is 9.97. The van der Waals surface area contributed by atoms with E-state index in [2.05, 4.69) is 0 Å². The Kier molecular flexibility index (Phi) is 2.45. The molecule has 1 aliphatic rings. The predicted octanol–water partition coefficient (Wildman–Crippen LogP) is 0.827. The third-order valence-electron chi connectivity index (χ3n) is 2.01. The fourth-order valence-corrected chi connectivity index (χ4v) is 1.33. The first kappa shape index (κ1) is 9.15. The Morgan fingerprint density at radius 2 is 2.14 bits per heavy atom. The van der Waals surface area contributed by atoms with Gasteiger partial charge in [-0.1, -0.05) is 6.07 Å². The summed E-state index contributed by atoms with van der Waals surface area (Å²) < 4.78 is 15.8. The highest BCUT2D eigenvalue weighted by Gasteiger charge is 2.18. The number of ether oxygens (including phenoxy) is 3. The predicted molar refractivity (Wildman–Crippen MR) is 50.0 cm³/mol. The zero-order valence-corrected chi connectivity index (χ0v) is 7.90. The molecule has 1 aromatic rings. The summed E-state index contributed by atoms with van der Waals surface area (Å²) >= 11 is 0. The number of hydrogen-bond donors (Lipinski definition) is 1. The molecule has 14 heavy (non-hydrogen) atoms. The quantitative estimate of drug-likeness (QED) is 0.722. The van der Waals surface area contributed by atoms with Crippen LogP contribution in [-0.2, 0) is 0 Å². The number of benzene rings is 1. The van der Waals surface area contributed by atoms with Gasteiger partial charge in [0.15, 0.2) is 11.5 Å². The molecule has 4 heteroatoms. The lowest BCUT2D eigenvalue weighted by molar-refractivity contribution is 0.0796. The number of aliphatic hydroxyl groups excluding tert-OH is 1. The molecule has 1 aliphatic heterocycles. The van der Waals surface area contributed by atoms with Crippen molar-refractivity contribution in [1.82, 2.24) is 0 Å². The average molecular weight is 196 g/mol. The summed E-state index contributed by atoms with van der Waals surface area (Å²) in [5.74, 6) is 1.80. The van der Waals surface area contributed by atoms with E-state index in [0.717, 1.165) is 0 Å². The maximum absolute atomic E-state index is 9.33. The lowest BCUT2D eigenvalue weighted by Crippen LogP contribution is -2.22. The van der Waals surface area contributed by atoms with Crippen molar-refractivity contribution in [3.8, 4) is 17.2 Å². The normalized spacial score (nSPS) is 20.0. The Morgan fingerprint density at radius 1 is 1.36 bits per heavy atom. The number of rotatable bonds is 1. The van der Waals surface area contributed by atoms with Gasteiger partial charge in [-0.3, -0.25) is 0 Å². The summed E-state index contributed by atoms with van der Waals surface area (Å²) in [4.78, 5) is 0. The molecule has 0 radical (unpaired) electrons. The third kappa shape index (κ3) is 1.61. The average Bonchev–Trinajstić information content (AvgIpc) is 2.41. The summed E-state index contributed by atoms with van der Waals surface area (Å²) in [6.07, 6.45) is -0.591. The SMILES string of the molecule is COc1cccc2c1OCC(O)CO2. The van der Waals surface area contributed by atoms with Gasteiger partial charge in [0.25, 0.3) is 0 Å². The highest BCUT2D eigenvalue weighted by atomic mass is 16.6. The van der Waals surface area contributed by atoms with Gasteiger partial charge >= 0.3 is 0 Å². The molecule has 4 nitrogen and oxygen atoms in total. The summed E-state index contributed by atoms with van der Waals surface area (Å²) in [6, 6.07) is 5.40. The minimum Gasteiger partial charge on any atom is -0.493 e. The molecule has 0 amide bonds. The van der Waals surface area contributed by atoms with E-state index in [9.17, 15) is 5.11 Å². The minimum absolute atomic E-state index is 0.230. The molecular formula is C10H12O4. The summed E-state index contributed by atoms with van der Waals surface area (Å²) in [6.45, 7) is 0.480. The molecule has 0 fully saturated rings. The summed E-state index contributed by atoms with van der Waals surface area (Å²) in [7, 11) is 1.57. The van der Waals surface area contributed by atoms with Crippen LogP contribution in [0.4, 0.5) is 0 Å². The van der Waals surface area contributed by atoms with E-state index in [1.54, 1.807) is 19.2 Å². The number of fused-ring (bicyclic) bond motifs is 1. The number of para-hydroxylation sites is 1. The number of aliphatic hydroxyl groups is 1. The standard InChI is InChI=1S/C10H12O4/c1-12-8-3-2-4-9-10(8)14-6-7(11)5-13-9/h2-4,7,11H,5-6H2,1H3. The molecule has 0 aliphatic carbocycles. The van der Waals surface area contributed by atoms with Crippen molar-refractivity contribution in [1.29, 1.82) is 0 Å². The topological polar surface area (TPSA) is 47.9 Å². The molecule has 0 aromatic heterocycles. The molecule has 2 rings (SSSR count). The molecule has 1 N–H and O–H groups in total. The van der Waals surface area contributed by atoms with E-state index in [1.807, 2.05) is 6.07 Å². The highest BCUT2D eigenvalue weighted by molar-refractivity contribution is 5.51. The molecule has 1 aromatic carbocycles. The van der Waals surface area contributed by atoms with Crippen molar-refractivity contribution in [2.45, 2.75) is 6.10 Å². The maximum Gasteiger partial charge on any atom is 0.203 e. The van der Waals surface area contributed by atoms with Gasteiger partial charge in [0.1, 0.15) is 19.3 Å². The maximum atomic E-state index is 9.33. The van der Waals surface area contributed by atoms with E-state index in [0.29, 0.717) is 17.2 Å². The van der Waals surface area contributed by atoms with Crippen LogP contribution in [0.1, 0.15) is 0 Å². The van der Waals surface area contributed by atoms with Crippen molar-refractivity contribution in [3.05, 3.63) is 18.2 Å². The molecule has 1 heterocycles. The smallest absolute Gasteiger partial charge is 0.203 e. The van der Waals surface area contributed by atoms with Gasteiger partial charge in [-0.2, -0.15) is 0 Å². The monoisotopic (exact) mass is 196 g/mol. The van der Waals surface area contributed by atoms with Crippen LogP contribution in [0.3, 0.4) is 0 Å². The van der Waals surface area contributed by atoms with Gasteiger partial charge in [-0.15, -0.1) is 0 Å². The van der Waals surface area contributed by atoms with Crippen LogP contribution in [0.2, 0.25) is 0 Å². The molecule has 0 spiro atoms. The van der Waals surface area contributed by atoms with E-state index in [4.69, 9.17) is 14.2 Å². The van der Waals surface area contributed by atoms with Crippen molar-refractivity contribution < 1.29 is 19.3 Å². The number of hydrogen-bond acceptors (Lipinski definition) is 4. The first-order valence-corrected chi connectivity index (χ1v) is 4.42. The second kappa shape index (κ2) is 3.75. The Bertz CT molecular complexity index is 324. The molecular weight excluding hydrogens is 184 g/mol. The molecule has 0 bridgehead atoms.